The highest BCUT2D eigenvalue weighted by molar-refractivity contribution is 5.93. The highest BCUT2D eigenvalue weighted by Gasteiger charge is 2.27. The zero-order chi connectivity index (χ0) is 15.2. The second kappa shape index (κ2) is 7.41. The van der Waals surface area contributed by atoms with Crippen LogP contribution < -0.4 is 5.32 Å². The number of carbonyl (C=O) groups excluding carboxylic acids is 1. The maximum atomic E-state index is 12.3. The molecule has 1 amide bonds. The molecule has 1 aliphatic carbocycles. The van der Waals surface area contributed by atoms with Crippen molar-refractivity contribution in [2.75, 3.05) is 25.5 Å². The van der Waals surface area contributed by atoms with Gasteiger partial charge in [0, 0.05) is 32.1 Å². The molecule has 1 aromatic rings. The molecule has 0 aromatic carbocycles. The van der Waals surface area contributed by atoms with Crippen LogP contribution in [0.3, 0.4) is 0 Å². The van der Waals surface area contributed by atoms with Crippen LogP contribution in [0.25, 0.3) is 0 Å². The van der Waals surface area contributed by atoms with Gasteiger partial charge in [-0.2, -0.15) is 0 Å². The smallest absolute Gasteiger partial charge is 0.272 e. The number of nitrogens with one attached hydrogen (secondary N) is 1. The van der Waals surface area contributed by atoms with Gasteiger partial charge in [0.25, 0.3) is 5.91 Å². The first-order chi connectivity index (χ1) is 10.2. The Kier molecular flexibility index (Phi) is 5.56. The normalized spacial score (nSPS) is 21.3. The van der Waals surface area contributed by atoms with Crippen molar-refractivity contribution >= 4 is 11.6 Å². The number of hydrogen-bond donors (Lipinski definition) is 1. The third kappa shape index (κ3) is 3.73. The zero-order valence-corrected chi connectivity index (χ0v) is 13.1. The van der Waals surface area contributed by atoms with Crippen LogP contribution in [-0.2, 0) is 4.74 Å². The standard InChI is InChI=1S/C16H25N3O2/c1-4-19(5-2)16(20)14-11-12(9-10-17-14)18-13-7-6-8-15(13)21-3/h9-11,13,15H,4-8H2,1-3H3,(H,17,18). The molecule has 21 heavy (non-hydrogen) atoms. The summed E-state index contributed by atoms with van der Waals surface area (Å²) in [5.41, 5.74) is 1.44. The van der Waals surface area contributed by atoms with E-state index in [4.69, 9.17) is 4.74 Å². The molecule has 116 valence electrons. The van der Waals surface area contributed by atoms with Crippen molar-refractivity contribution in [3.05, 3.63) is 24.0 Å². The molecule has 0 aliphatic heterocycles. The Balaban J connectivity index is 2.09. The molecule has 2 unspecified atom stereocenters. The van der Waals surface area contributed by atoms with E-state index in [9.17, 15) is 4.79 Å². The maximum absolute atomic E-state index is 12.3. The van der Waals surface area contributed by atoms with Crippen molar-refractivity contribution in [1.29, 1.82) is 0 Å². The van der Waals surface area contributed by atoms with Crippen molar-refractivity contribution in [1.82, 2.24) is 9.88 Å². The lowest BCUT2D eigenvalue weighted by Gasteiger charge is -2.22. The van der Waals surface area contributed by atoms with Crippen LogP contribution in [0, 0.1) is 0 Å². The van der Waals surface area contributed by atoms with E-state index in [0.29, 0.717) is 24.8 Å². The second-order valence-electron chi connectivity index (χ2n) is 5.36. The zero-order valence-electron chi connectivity index (χ0n) is 13.1. The average molecular weight is 291 g/mol. The fourth-order valence-electron chi connectivity index (χ4n) is 2.90. The monoisotopic (exact) mass is 291 g/mol. The minimum Gasteiger partial charge on any atom is -0.380 e. The van der Waals surface area contributed by atoms with Crippen LogP contribution in [0.15, 0.2) is 18.3 Å². The number of methoxy groups -OCH3 is 1. The Morgan fingerprint density at radius 3 is 2.86 bits per heavy atom. The number of anilines is 1. The molecule has 2 rings (SSSR count). The van der Waals surface area contributed by atoms with Gasteiger partial charge >= 0.3 is 0 Å². The molecular weight excluding hydrogens is 266 g/mol. The van der Waals surface area contributed by atoms with E-state index in [0.717, 1.165) is 18.5 Å². The van der Waals surface area contributed by atoms with Gasteiger partial charge < -0.3 is 15.0 Å². The Morgan fingerprint density at radius 2 is 2.19 bits per heavy atom. The van der Waals surface area contributed by atoms with E-state index in [-0.39, 0.29) is 12.0 Å². The Bertz CT molecular complexity index is 474. The highest BCUT2D eigenvalue weighted by Crippen LogP contribution is 2.25. The van der Waals surface area contributed by atoms with Crippen LogP contribution >= 0.6 is 0 Å². The number of hydrogen-bond acceptors (Lipinski definition) is 4. The van der Waals surface area contributed by atoms with Gasteiger partial charge in [-0.1, -0.05) is 0 Å². The van der Waals surface area contributed by atoms with Gasteiger partial charge in [0.2, 0.25) is 0 Å². The number of amides is 1. The molecule has 5 nitrogen and oxygen atoms in total. The minimum absolute atomic E-state index is 0.0154. The van der Waals surface area contributed by atoms with Gasteiger partial charge in [-0.15, -0.1) is 0 Å². The molecule has 5 heteroatoms. The summed E-state index contributed by atoms with van der Waals surface area (Å²) in [7, 11) is 1.76. The summed E-state index contributed by atoms with van der Waals surface area (Å²) in [4.78, 5) is 18.3. The summed E-state index contributed by atoms with van der Waals surface area (Å²) in [6.07, 6.45) is 5.30. The fourth-order valence-corrected chi connectivity index (χ4v) is 2.90. The molecular formula is C16H25N3O2. The molecule has 1 fully saturated rings. The van der Waals surface area contributed by atoms with Crippen LogP contribution in [0.2, 0.25) is 0 Å². The first-order valence-corrected chi connectivity index (χ1v) is 7.74. The summed E-state index contributed by atoms with van der Waals surface area (Å²) in [6.45, 7) is 5.35. The molecule has 0 bridgehead atoms. The van der Waals surface area contributed by atoms with E-state index in [1.54, 1.807) is 18.2 Å². The molecule has 2 atom stereocenters. The Morgan fingerprint density at radius 1 is 1.43 bits per heavy atom. The third-order valence-electron chi connectivity index (χ3n) is 4.14. The quantitative estimate of drug-likeness (QED) is 0.875. The first kappa shape index (κ1) is 15.8. The number of ether oxygens (including phenoxy) is 1. The van der Waals surface area contributed by atoms with Crippen molar-refractivity contribution < 1.29 is 9.53 Å². The number of rotatable bonds is 6. The predicted octanol–water partition coefficient (Wildman–Crippen LogP) is 2.54. The Labute approximate surface area is 126 Å². The lowest BCUT2D eigenvalue weighted by Crippen LogP contribution is -2.32. The summed E-state index contributed by atoms with van der Waals surface area (Å²) >= 11 is 0. The van der Waals surface area contributed by atoms with Crippen molar-refractivity contribution in [2.24, 2.45) is 0 Å². The van der Waals surface area contributed by atoms with Gasteiger partial charge in [0.1, 0.15) is 5.69 Å². The van der Waals surface area contributed by atoms with Crippen molar-refractivity contribution in [3.63, 3.8) is 0 Å². The number of aromatic nitrogens is 1. The summed E-state index contributed by atoms with van der Waals surface area (Å²) in [5, 5.41) is 3.48. The van der Waals surface area contributed by atoms with Crippen LogP contribution in [0.1, 0.15) is 43.6 Å². The molecule has 1 saturated carbocycles. The summed E-state index contributed by atoms with van der Waals surface area (Å²) in [5.74, 6) is -0.0154. The topological polar surface area (TPSA) is 54.5 Å². The SMILES string of the molecule is CCN(CC)C(=O)c1cc(NC2CCCC2OC)ccn1. The van der Waals surface area contributed by atoms with Crippen LogP contribution in [0.5, 0.6) is 0 Å². The average Bonchev–Trinajstić information content (AvgIpc) is 2.96. The molecule has 1 aliphatic rings. The number of nitrogens with zero attached hydrogens (tertiary/aromatic N) is 2. The van der Waals surface area contributed by atoms with Gasteiger partial charge in [-0.3, -0.25) is 9.78 Å². The van der Waals surface area contributed by atoms with Crippen molar-refractivity contribution in [2.45, 2.75) is 45.3 Å². The predicted molar refractivity (Wildman–Crippen MR) is 83.5 cm³/mol. The van der Waals surface area contributed by atoms with Crippen LogP contribution in [0.4, 0.5) is 5.69 Å². The van der Waals surface area contributed by atoms with E-state index in [1.807, 2.05) is 26.0 Å². The minimum atomic E-state index is -0.0154. The molecule has 1 heterocycles. The lowest BCUT2D eigenvalue weighted by atomic mass is 10.2. The third-order valence-corrected chi connectivity index (χ3v) is 4.14. The van der Waals surface area contributed by atoms with Gasteiger partial charge in [0.15, 0.2) is 0 Å². The molecule has 0 saturated heterocycles. The first-order valence-electron chi connectivity index (χ1n) is 7.74. The number of pyridine rings is 1. The van der Waals surface area contributed by atoms with Crippen molar-refractivity contribution in [3.8, 4) is 0 Å². The van der Waals surface area contributed by atoms with Crippen LogP contribution in [-0.4, -0.2) is 48.1 Å². The number of carbonyl (C=O) groups is 1. The largest absolute Gasteiger partial charge is 0.380 e. The van der Waals surface area contributed by atoms with Gasteiger partial charge in [0.05, 0.1) is 12.1 Å². The van der Waals surface area contributed by atoms with E-state index in [2.05, 4.69) is 10.3 Å². The molecule has 1 N–H and O–H groups in total. The highest BCUT2D eigenvalue weighted by atomic mass is 16.5. The second-order valence-corrected chi connectivity index (χ2v) is 5.36. The summed E-state index contributed by atoms with van der Waals surface area (Å²) < 4.78 is 5.49. The van der Waals surface area contributed by atoms with E-state index >= 15 is 0 Å². The maximum Gasteiger partial charge on any atom is 0.272 e. The molecule has 0 spiro atoms. The van der Waals surface area contributed by atoms with Gasteiger partial charge in [-0.25, -0.2) is 0 Å². The lowest BCUT2D eigenvalue weighted by molar-refractivity contribution is 0.0767. The Hall–Kier alpha value is -1.62. The fraction of sp³-hybridized carbons (Fsp3) is 0.625. The van der Waals surface area contributed by atoms with Gasteiger partial charge in [-0.05, 0) is 45.2 Å². The summed E-state index contributed by atoms with van der Waals surface area (Å²) in [6, 6.07) is 4.06. The van der Waals surface area contributed by atoms with E-state index in [1.165, 1.54) is 6.42 Å². The molecule has 0 radical (unpaired) electrons. The molecule has 1 aromatic heterocycles. The van der Waals surface area contributed by atoms with E-state index < -0.39 is 0 Å².